The number of hydrogen-bond donors (Lipinski definition) is 0. The van der Waals surface area contributed by atoms with E-state index >= 15 is 0 Å². The summed E-state index contributed by atoms with van der Waals surface area (Å²) >= 11 is 0. The largest absolute Gasteiger partial charge is 2.00 e. The maximum absolute atomic E-state index is 3.64. The Morgan fingerprint density at radius 3 is 1.88 bits per heavy atom. The summed E-state index contributed by atoms with van der Waals surface area (Å²) in [4.78, 5) is 0. The minimum Gasteiger partial charge on any atom is -1.00 e. The van der Waals surface area contributed by atoms with Gasteiger partial charge in [0.15, 0.2) is 0 Å². The molecule has 0 aliphatic heterocycles. The van der Waals surface area contributed by atoms with Crippen LogP contribution in [0.25, 0.3) is 0 Å². The minimum absolute atomic E-state index is 0. The van der Waals surface area contributed by atoms with Gasteiger partial charge in [-0.25, -0.2) is 0 Å². The van der Waals surface area contributed by atoms with E-state index in [1.165, 1.54) is 0 Å². The van der Waals surface area contributed by atoms with Crippen molar-refractivity contribution in [3.05, 3.63) is 17.8 Å². The molecule has 0 radical (unpaired) electrons. The molecular formula is C5H11ClMgSi. The van der Waals surface area contributed by atoms with Gasteiger partial charge in [-0.3, -0.25) is 0 Å². The van der Waals surface area contributed by atoms with Crippen LogP contribution in [0.3, 0.4) is 0 Å². The van der Waals surface area contributed by atoms with Crippen molar-refractivity contribution in [3.8, 4) is 0 Å². The number of hydrogen-bond acceptors (Lipinski definition) is 0. The maximum Gasteiger partial charge on any atom is 2.00 e. The third-order valence-electron chi connectivity index (χ3n) is 0.553. The van der Waals surface area contributed by atoms with Crippen LogP contribution in [0.5, 0.6) is 0 Å². The minimum atomic E-state index is 0. The molecule has 0 nitrogen and oxygen atoms in total. The molecule has 0 aliphatic carbocycles. The van der Waals surface area contributed by atoms with Crippen LogP contribution in [0.4, 0.5) is 0 Å². The van der Waals surface area contributed by atoms with Gasteiger partial charge in [-0.1, -0.05) is 9.52 Å². The standard InChI is InChI=1S/C5H11Si.ClH.Mg/c1-4-6-5(2)3;;/h4H,1,6H2,2-3H3;1H;/q-1;;+2/p-1. The molecule has 3 heteroatoms. The van der Waals surface area contributed by atoms with Gasteiger partial charge in [0.25, 0.3) is 0 Å². The third-order valence-corrected chi connectivity index (χ3v) is 1.66. The average Bonchev–Trinajstić information content (AvgIpc) is 1.35. The molecule has 0 aromatic heterocycles. The molecule has 8 heavy (non-hydrogen) atoms. The predicted molar refractivity (Wildman–Crippen MR) is 39.1 cm³/mol. The van der Waals surface area contributed by atoms with Gasteiger partial charge in [0, 0.05) is 0 Å². The summed E-state index contributed by atoms with van der Waals surface area (Å²) in [5, 5.41) is 0. The molecule has 0 saturated heterocycles. The Morgan fingerprint density at radius 1 is 1.50 bits per heavy atom. The summed E-state index contributed by atoms with van der Waals surface area (Å²) in [6, 6.07) is 0. The first kappa shape index (κ1) is 16.0. The van der Waals surface area contributed by atoms with Gasteiger partial charge in [0.05, 0.1) is 0 Å². The number of rotatable bonds is 2. The van der Waals surface area contributed by atoms with Gasteiger partial charge in [-0.05, 0) is 0 Å². The Morgan fingerprint density at radius 2 is 1.88 bits per heavy atom. The van der Waals surface area contributed by atoms with E-state index in [0.29, 0.717) is 0 Å². The smallest absolute Gasteiger partial charge is 1.00 e. The molecule has 0 rings (SSSR count). The van der Waals surface area contributed by atoms with E-state index in [1.54, 1.807) is 5.54 Å². The second-order valence-electron chi connectivity index (χ2n) is 1.70. The fourth-order valence-corrected chi connectivity index (χ4v) is 0.866. The zero-order chi connectivity index (χ0) is 4.99. The molecule has 0 aliphatic rings. The Labute approximate surface area is 76.5 Å². The second kappa shape index (κ2) is 10.9. The first-order chi connectivity index (χ1) is 2.77. The summed E-state index contributed by atoms with van der Waals surface area (Å²) in [7, 11) is 0.0370. The zero-order valence-electron chi connectivity index (χ0n) is 5.58. The molecule has 0 bridgehead atoms. The fraction of sp³-hybridized carbons (Fsp3) is 0.400. The molecule has 44 valence electrons. The van der Waals surface area contributed by atoms with Crippen molar-refractivity contribution in [1.29, 1.82) is 0 Å². The monoisotopic (exact) mass is 158 g/mol. The zero-order valence-corrected chi connectivity index (χ0v) is 9.16. The molecule has 0 spiro atoms. The van der Waals surface area contributed by atoms with Crippen LogP contribution in [0.1, 0.15) is 13.8 Å². The molecule has 0 N–H and O–H groups in total. The summed E-state index contributed by atoms with van der Waals surface area (Å²) in [6.07, 6.45) is 0. The van der Waals surface area contributed by atoms with Gasteiger partial charge >= 0.3 is 23.1 Å². The van der Waals surface area contributed by atoms with Crippen molar-refractivity contribution in [2.24, 2.45) is 0 Å². The number of halogens is 1. The Hall–Kier alpha value is 1.01. The van der Waals surface area contributed by atoms with Crippen LogP contribution in [-0.4, -0.2) is 32.6 Å². The summed E-state index contributed by atoms with van der Waals surface area (Å²) in [5.74, 6) is 0. The van der Waals surface area contributed by atoms with Crippen LogP contribution in [0.2, 0.25) is 0 Å². The van der Waals surface area contributed by atoms with Crippen LogP contribution in [0, 0.1) is 5.54 Å². The van der Waals surface area contributed by atoms with E-state index in [9.17, 15) is 0 Å². The van der Waals surface area contributed by atoms with Crippen molar-refractivity contribution in [3.63, 3.8) is 0 Å². The molecule has 0 fully saturated rings. The molecule has 0 saturated carbocycles. The van der Waals surface area contributed by atoms with Crippen LogP contribution in [-0.2, 0) is 0 Å². The van der Waals surface area contributed by atoms with Crippen molar-refractivity contribution >= 4 is 32.6 Å². The van der Waals surface area contributed by atoms with Gasteiger partial charge in [0.2, 0.25) is 0 Å². The maximum atomic E-state index is 3.64. The van der Waals surface area contributed by atoms with Crippen molar-refractivity contribution < 1.29 is 12.4 Å². The van der Waals surface area contributed by atoms with Crippen LogP contribution >= 0.6 is 0 Å². The molecule has 0 unspecified atom stereocenters. The molecule has 0 amide bonds. The van der Waals surface area contributed by atoms with E-state index < -0.39 is 0 Å². The molecular weight excluding hydrogens is 148 g/mol. The van der Waals surface area contributed by atoms with Gasteiger partial charge in [-0.15, -0.1) is 12.3 Å². The van der Waals surface area contributed by atoms with Crippen LogP contribution < -0.4 is 12.4 Å². The van der Waals surface area contributed by atoms with Crippen molar-refractivity contribution in [2.45, 2.75) is 13.8 Å². The Kier molecular flexibility index (Phi) is 21.8. The Balaban J connectivity index is -0.000000125. The molecule has 0 aromatic carbocycles. The SMILES string of the molecule is C=C[SiH2][C-](C)C.[Cl-].[Mg+2]. The van der Waals surface area contributed by atoms with Gasteiger partial charge in [0.1, 0.15) is 0 Å². The van der Waals surface area contributed by atoms with Crippen molar-refractivity contribution in [1.82, 2.24) is 0 Å². The quantitative estimate of drug-likeness (QED) is 0.308. The van der Waals surface area contributed by atoms with Gasteiger partial charge < -0.3 is 17.9 Å². The topological polar surface area (TPSA) is 0 Å². The molecule has 0 aromatic rings. The average molecular weight is 159 g/mol. The normalized spacial score (nSPS) is 8.38. The van der Waals surface area contributed by atoms with Crippen LogP contribution in [0.15, 0.2) is 12.3 Å². The molecule has 0 heterocycles. The van der Waals surface area contributed by atoms with Crippen molar-refractivity contribution in [2.75, 3.05) is 0 Å². The van der Waals surface area contributed by atoms with E-state index in [4.69, 9.17) is 0 Å². The Bertz CT molecular complexity index is 47.7. The van der Waals surface area contributed by atoms with E-state index in [2.05, 4.69) is 26.1 Å². The first-order valence-corrected chi connectivity index (χ1v) is 3.69. The summed E-state index contributed by atoms with van der Waals surface area (Å²) < 4.78 is 0. The first-order valence-electron chi connectivity index (χ1n) is 2.17. The van der Waals surface area contributed by atoms with E-state index in [0.717, 1.165) is 0 Å². The molecule has 0 atom stereocenters. The second-order valence-corrected chi connectivity index (χ2v) is 4.10. The summed E-state index contributed by atoms with van der Waals surface area (Å²) in [6.45, 7) is 7.96. The van der Waals surface area contributed by atoms with E-state index in [1.807, 2.05) is 0 Å². The third kappa shape index (κ3) is 15.7. The van der Waals surface area contributed by atoms with Gasteiger partial charge in [-0.2, -0.15) is 13.8 Å². The van der Waals surface area contributed by atoms with E-state index in [-0.39, 0.29) is 45.0 Å². The fourth-order valence-electron chi connectivity index (χ4n) is 0.289. The summed E-state index contributed by atoms with van der Waals surface area (Å²) in [5.41, 5.74) is 3.61. The predicted octanol–water partition coefficient (Wildman–Crippen LogP) is -2.51.